The molecule has 2 amide bonds. The zero-order chi connectivity index (χ0) is 13.8. The fourth-order valence-corrected chi connectivity index (χ4v) is 2.48. The first-order valence-electron chi connectivity index (χ1n) is 5.76. The van der Waals surface area contributed by atoms with E-state index < -0.39 is 0 Å². The van der Waals surface area contributed by atoms with Crippen LogP contribution < -0.4 is 10.2 Å². The lowest BCUT2D eigenvalue weighted by molar-refractivity contribution is -0.142. The van der Waals surface area contributed by atoms with Crippen molar-refractivity contribution >= 4 is 34.3 Å². The molecule has 0 aliphatic carbocycles. The Morgan fingerprint density at radius 1 is 1.47 bits per heavy atom. The van der Waals surface area contributed by atoms with Crippen molar-refractivity contribution < 1.29 is 19.1 Å². The lowest BCUT2D eigenvalue weighted by Crippen LogP contribution is -2.51. The molecule has 0 spiro atoms. The van der Waals surface area contributed by atoms with E-state index in [0.29, 0.717) is 17.4 Å². The Labute approximate surface area is 113 Å². The molecule has 102 valence electrons. The second-order valence-corrected chi connectivity index (χ2v) is 4.77. The van der Waals surface area contributed by atoms with Gasteiger partial charge in [0, 0.05) is 5.38 Å². The van der Waals surface area contributed by atoms with Crippen molar-refractivity contribution in [1.29, 1.82) is 0 Å². The largest absolute Gasteiger partial charge is 0.466 e. The molecule has 19 heavy (non-hydrogen) atoms. The summed E-state index contributed by atoms with van der Waals surface area (Å²) in [6.45, 7) is 2.26. The number of carbonyl (C=O) groups is 3. The predicted molar refractivity (Wildman–Crippen MR) is 67.8 cm³/mol. The minimum absolute atomic E-state index is 0.0953. The van der Waals surface area contributed by atoms with Crippen molar-refractivity contribution in [3.8, 4) is 0 Å². The lowest BCUT2D eigenvalue weighted by atomic mass is 10.3. The molecule has 1 aliphatic heterocycles. The summed E-state index contributed by atoms with van der Waals surface area (Å²) in [4.78, 5) is 39.6. The van der Waals surface area contributed by atoms with Crippen LogP contribution in [0.4, 0.5) is 5.13 Å². The van der Waals surface area contributed by atoms with Crippen LogP contribution in [0.3, 0.4) is 0 Å². The molecule has 1 aromatic heterocycles. The first-order valence-corrected chi connectivity index (χ1v) is 6.64. The normalized spacial score (nSPS) is 15.3. The van der Waals surface area contributed by atoms with Gasteiger partial charge in [-0.3, -0.25) is 19.7 Å². The van der Waals surface area contributed by atoms with E-state index in [1.54, 1.807) is 17.2 Å². The van der Waals surface area contributed by atoms with E-state index in [9.17, 15) is 14.4 Å². The molecule has 0 radical (unpaired) electrons. The van der Waals surface area contributed by atoms with Crippen LogP contribution in [-0.4, -0.2) is 42.5 Å². The summed E-state index contributed by atoms with van der Waals surface area (Å²) in [7, 11) is 0. The van der Waals surface area contributed by atoms with Crippen LogP contribution in [0.1, 0.15) is 12.6 Å². The third-order valence-electron chi connectivity index (χ3n) is 2.39. The summed E-state index contributed by atoms with van der Waals surface area (Å²) in [5, 5.41) is 4.50. The van der Waals surface area contributed by atoms with Gasteiger partial charge in [-0.05, 0) is 6.92 Å². The summed E-state index contributed by atoms with van der Waals surface area (Å²) in [6.07, 6.45) is 0.0956. The SMILES string of the molecule is CCOC(=O)Cc1csc(N2CC(=O)NC(=O)C2)n1. The number of rotatable bonds is 4. The molecule has 2 rings (SSSR count). The van der Waals surface area contributed by atoms with Crippen molar-refractivity contribution in [3.05, 3.63) is 11.1 Å². The van der Waals surface area contributed by atoms with E-state index in [2.05, 4.69) is 10.3 Å². The van der Waals surface area contributed by atoms with E-state index >= 15 is 0 Å². The van der Waals surface area contributed by atoms with Gasteiger partial charge in [0.25, 0.3) is 0 Å². The molecular formula is C11H13N3O4S. The van der Waals surface area contributed by atoms with Crippen molar-refractivity contribution in [2.24, 2.45) is 0 Å². The smallest absolute Gasteiger partial charge is 0.311 e. The molecule has 1 aliphatic rings. The standard InChI is InChI=1S/C11H13N3O4S/c1-2-18-10(17)3-7-6-19-11(12-7)14-4-8(15)13-9(16)5-14/h6H,2-5H2,1H3,(H,13,15,16). The Hall–Kier alpha value is -1.96. The van der Waals surface area contributed by atoms with Crippen molar-refractivity contribution in [3.63, 3.8) is 0 Å². The number of nitrogens with one attached hydrogen (secondary N) is 1. The molecule has 1 N–H and O–H groups in total. The molecule has 7 nitrogen and oxygen atoms in total. The van der Waals surface area contributed by atoms with Gasteiger partial charge < -0.3 is 9.64 Å². The van der Waals surface area contributed by atoms with Gasteiger partial charge in [-0.1, -0.05) is 0 Å². The van der Waals surface area contributed by atoms with Crippen LogP contribution in [-0.2, 0) is 25.5 Å². The zero-order valence-electron chi connectivity index (χ0n) is 10.3. The molecule has 1 fully saturated rings. The number of hydrogen-bond donors (Lipinski definition) is 1. The number of esters is 1. The van der Waals surface area contributed by atoms with E-state index in [1.165, 1.54) is 11.3 Å². The summed E-state index contributed by atoms with van der Waals surface area (Å²) in [6, 6.07) is 0. The van der Waals surface area contributed by atoms with E-state index in [-0.39, 0.29) is 37.3 Å². The Morgan fingerprint density at radius 3 is 2.79 bits per heavy atom. The van der Waals surface area contributed by atoms with Crippen LogP contribution in [0.5, 0.6) is 0 Å². The number of imide groups is 1. The third-order valence-corrected chi connectivity index (χ3v) is 3.34. The molecule has 0 atom stereocenters. The average molecular weight is 283 g/mol. The summed E-state index contributed by atoms with van der Waals surface area (Å²) < 4.78 is 4.83. The van der Waals surface area contributed by atoms with Gasteiger partial charge in [0.1, 0.15) is 13.1 Å². The van der Waals surface area contributed by atoms with Gasteiger partial charge in [-0.25, -0.2) is 4.98 Å². The monoisotopic (exact) mass is 283 g/mol. The molecule has 0 aromatic carbocycles. The second-order valence-electron chi connectivity index (χ2n) is 3.93. The summed E-state index contributed by atoms with van der Waals surface area (Å²) >= 11 is 1.30. The van der Waals surface area contributed by atoms with Crippen molar-refractivity contribution in [2.75, 3.05) is 24.6 Å². The highest BCUT2D eigenvalue weighted by Gasteiger charge is 2.24. The first-order chi connectivity index (χ1) is 9.08. The number of ether oxygens (including phenoxy) is 1. The molecule has 2 heterocycles. The second kappa shape index (κ2) is 5.79. The van der Waals surface area contributed by atoms with E-state index in [4.69, 9.17) is 4.74 Å². The number of piperazine rings is 1. The number of anilines is 1. The number of carbonyl (C=O) groups excluding carboxylic acids is 3. The number of amides is 2. The van der Waals surface area contributed by atoms with Crippen LogP contribution in [0, 0.1) is 0 Å². The van der Waals surface area contributed by atoms with Crippen LogP contribution in [0.15, 0.2) is 5.38 Å². The molecule has 0 unspecified atom stereocenters. The van der Waals surface area contributed by atoms with Gasteiger partial charge in [-0.2, -0.15) is 0 Å². The molecule has 0 bridgehead atoms. The highest BCUT2D eigenvalue weighted by Crippen LogP contribution is 2.21. The van der Waals surface area contributed by atoms with E-state index in [0.717, 1.165) is 0 Å². The molecular weight excluding hydrogens is 270 g/mol. The van der Waals surface area contributed by atoms with Gasteiger partial charge >= 0.3 is 5.97 Å². The van der Waals surface area contributed by atoms with Crippen molar-refractivity contribution in [1.82, 2.24) is 10.3 Å². The quantitative estimate of drug-likeness (QED) is 0.603. The maximum atomic E-state index is 11.3. The number of aromatic nitrogens is 1. The lowest BCUT2D eigenvalue weighted by Gasteiger charge is -2.24. The summed E-state index contributed by atoms with van der Waals surface area (Å²) in [5.74, 6) is -1.04. The first kappa shape index (κ1) is 13.5. The number of hydrogen-bond acceptors (Lipinski definition) is 7. The maximum Gasteiger partial charge on any atom is 0.311 e. The van der Waals surface area contributed by atoms with Gasteiger partial charge in [0.2, 0.25) is 11.8 Å². The third kappa shape index (κ3) is 3.50. The minimum Gasteiger partial charge on any atom is -0.466 e. The van der Waals surface area contributed by atoms with Gasteiger partial charge in [-0.15, -0.1) is 11.3 Å². The van der Waals surface area contributed by atoms with Crippen LogP contribution in [0.2, 0.25) is 0 Å². The average Bonchev–Trinajstić information content (AvgIpc) is 2.76. The zero-order valence-corrected chi connectivity index (χ0v) is 11.2. The highest BCUT2D eigenvalue weighted by atomic mass is 32.1. The van der Waals surface area contributed by atoms with Gasteiger partial charge in [0.05, 0.1) is 18.7 Å². The summed E-state index contributed by atoms with van der Waals surface area (Å²) in [5.41, 5.74) is 0.580. The molecule has 1 aromatic rings. The van der Waals surface area contributed by atoms with Crippen LogP contribution in [0.25, 0.3) is 0 Å². The fraction of sp³-hybridized carbons (Fsp3) is 0.455. The fourth-order valence-electron chi connectivity index (χ4n) is 1.66. The van der Waals surface area contributed by atoms with Crippen LogP contribution >= 0.6 is 11.3 Å². The Balaban J connectivity index is 2.02. The number of thiazole rings is 1. The Kier molecular flexibility index (Phi) is 4.10. The van der Waals surface area contributed by atoms with E-state index in [1.807, 2.05) is 0 Å². The van der Waals surface area contributed by atoms with Gasteiger partial charge in [0.15, 0.2) is 5.13 Å². The number of nitrogens with zero attached hydrogens (tertiary/aromatic N) is 2. The molecule has 1 saturated heterocycles. The molecule has 8 heteroatoms. The topological polar surface area (TPSA) is 88.6 Å². The molecule has 0 saturated carbocycles. The minimum atomic E-state index is -0.349. The van der Waals surface area contributed by atoms with Crippen molar-refractivity contribution in [2.45, 2.75) is 13.3 Å². The Morgan fingerprint density at radius 2 is 2.16 bits per heavy atom. The Bertz CT molecular complexity index is 498. The maximum absolute atomic E-state index is 11.3. The predicted octanol–water partition coefficient (Wildman–Crippen LogP) is -0.289. The highest BCUT2D eigenvalue weighted by molar-refractivity contribution is 7.13.